The summed E-state index contributed by atoms with van der Waals surface area (Å²) in [5.74, 6) is 0.669. The van der Waals surface area contributed by atoms with Crippen LogP contribution in [0.25, 0.3) is 11.3 Å². The second-order valence-electron chi connectivity index (χ2n) is 6.78. The normalized spacial score (nSPS) is 11.4. The number of sulfonamides is 1. The van der Waals surface area contributed by atoms with Crippen LogP contribution in [-0.4, -0.2) is 18.4 Å². The Kier molecular flexibility index (Phi) is 6.41. The molecule has 0 fully saturated rings. The van der Waals surface area contributed by atoms with Crippen LogP contribution in [0.1, 0.15) is 37.6 Å². The van der Waals surface area contributed by atoms with Crippen molar-refractivity contribution in [3.05, 3.63) is 72.2 Å². The first kappa shape index (κ1) is 20.0. The molecule has 0 unspecified atom stereocenters. The Morgan fingerprint density at radius 3 is 2.50 bits per heavy atom. The fourth-order valence-corrected chi connectivity index (χ4v) is 4.04. The van der Waals surface area contributed by atoms with Crippen LogP contribution < -0.4 is 4.72 Å². The maximum Gasteiger partial charge on any atom is 0.261 e. The number of nitrogens with zero attached hydrogens (tertiary/aromatic N) is 2. The monoisotopic (exact) mass is 395 g/mol. The Bertz CT molecular complexity index is 1030. The van der Waals surface area contributed by atoms with Gasteiger partial charge in [-0.05, 0) is 55.7 Å². The van der Waals surface area contributed by atoms with Gasteiger partial charge in [-0.1, -0.05) is 44.0 Å². The molecular formula is C22H25N3O2S. The van der Waals surface area contributed by atoms with Gasteiger partial charge >= 0.3 is 0 Å². The van der Waals surface area contributed by atoms with Gasteiger partial charge in [-0.2, -0.15) is 0 Å². The Morgan fingerprint density at radius 1 is 1.00 bits per heavy atom. The maximum atomic E-state index is 12.7. The zero-order valence-electron chi connectivity index (χ0n) is 16.2. The van der Waals surface area contributed by atoms with Crippen molar-refractivity contribution >= 4 is 15.7 Å². The van der Waals surface area contributed by atoms with E-state index in [9.17, 15) is 8.42 Å². The fourth-order valence-electron chi connectivity index (χ4n) is 2.99. The van der Waals surface area contributed by atoms with E-state index in [2.05, 4.69) is 21.6 Å². The summed E-state index contributed by atoms with van der Waals surface area (Å²) in [6.07, 6.45) is 6.14. The van der Waals surface area contributed by atoms with E-state index in [0.29, 0.717) is 11.5 Å². The molecule has 28 heavy (non-hydrogen) atoms. The van der Waals surface area contributed by atoms with Crippen LogP contribution in [0.5, 0.6) is 0 Å². The van der Waals surface area contributed by atoms with Crippen LogP contribution >= 0.6 is 0 Å². The van der Waals surface area contributed by atoms with E-state index in [-0.39, 0.29) is 4.90 Å². The average Bonchev–Trinajstić information content (AvgIpc) is 2.68. The number of hydrogen-bond donors (Lipinski definition) is 1. The molecule has 0 bridgehead atoms. The Hall–Kier alpha value is -2.73. The lowest BCUT2D eigenvalue weighted by atomic mass is 10.1. The predicted molar refractivity (Wildman–Crippen MR) is 113 cm³/mol. The first-order valence-electron chi connectivity index (χ1n) is 9.50. The summed E-state index contributed by atoms with van der Waals surface area (Å²) in [4.78, 5) is 8.75. The van der Waals surface area contributed by atoms with Crippen molar-refractivity contribution in [3.63, 3.8) is 0 Å². The third-order valence-corrected chi connectivity index (χ3v) is 5.89. The summed E-state index contributed by atoms with van der Waals surface area (Å²) < 4.78 is 28.1. The summed E-state index contributed by atoms with van der Waals surface area (Å²) in [6, 6.07) is 16.1. The van der Waals surface area contributed by atoms with Gasteiger partial charge in [0.05, 0.1) is 10.6 Å². The summed E-state index contributed by atoms with van der Waals surface area (Å²) in [5.41, 5.74) is 3.25. The quantitative estimate of drug-likeness (QED) is 0.546. The van der Waals surface area contributed by atoms with Crippen molar-refractivity contribution in [1.29, 1.82) is 0 Å². The van der Waals surface area contributed by atoms with Crippen LogP contribution in [0.4, 0.5) is 5.69 Å². The Labute approximate surface area is 166 Å². The number of anilines is 1. The molecule has 146 valence electrons. The Morgan fingerprint density at radius 2 is 1.79 bits per heavy atom. The van der Waals surface area contributed by atoms with Crippen LogP contribution in [0.2, 0.25) is 0 Å². The number of unbranched alkanes of at least 4 members (excludes halogenated alkanes) is 2. The predicted octanol–water partition coefficient (Wildman–Crippen LogP) is 4.99. The molecule has 0 aliphatic rings. The van der Waals surface area contributed by atoms with Gasteiger partial charge in [0, 0.05) is 17.4 Å². The zero-order valence-corrected chi connectivity index (χ0v) is 17.0. The second-order valence-corrected chi connectivity index (χ2v) is 8.46. The third-order valence-electron chi connectivity index (χ3n) is 4.49. The van der Waals surface area contributed by atoms with Gasteiger partial charge in [-0.15, -0.1) is 0 Å². The van der Waals surface area contributed by atoms with Gasteiger partial charge in [-0.25, -0.2) is 18.4 Å². The van der Waals surface area contributed by atoms with Gasteiger partial charge in [0.1, 0.15) is 5.82 Å². The molecule has 0 aliphatic heterocycles. The van der Waals surface area contributed by atoms with E-state index in [1.54, 1.807) is 36.5 Å². The zero-order chi connectivity index (χ0) is 20.0. The van der Waals surface area contributed by atoms with Crippen LogP contribution in [-0.2, 0) is 16.4 Å². The summed E-state index contributed by atoms with van der Waals surface area (Å²) >= 11 is 0. The lowest BCUT2D eigenvalue weighted by Crippen LogP contribution is -2.13. The SMILES string of the molecule is CCCCCc1ccc(S(=O)(=O)Nc2cccc(-c3ccnc(C)n3)c2)cc1. The lowest BCUT2D eigenvalue weighted by Gasteiger charge is -2.10. The Balaban J connectivity index is 1.76. The van der Waals surface area contributed by atoms with Gasteiger partial charge in [-0.3, -0.25) is 4.72 Å². The molecule has 0 amide bonds. The van der Waals surface area contributed by atoms with E-state index in [1.807, 2.05) is 31.2 Å². The molecule has 6 heteroatoms. The summed E-state index contributed by atoms with van der Waals surface area (Å²) in [7, 11) is -3.65. The van der Waals surface area contributed by atoms with E-state index in [0.717, 1.165) is 29.7 Å². The van der Waals surface area contributed by atoms with E-state index in [4.69, 9.17) is 0 Å². The molecule has 5 nitrogen and oxygen atoms in total. The number of aryl methyl sites for hydroxylation is 2. The second kappa shape index (κ2) is 8.97. The molecule has 1 heterocycles. The van der Waals surface area contributed by atoms with Crippen molar-refractivity contribution in [1.82, 2.24) is 9.97 Å². The van der Waals surface area contributed by atoms with Crippen molar-refractivity contribution in [2.45, 2.75) is 44.4 Å². The largest absolute Gasteiger partial charge is 0.280 e. The van der Waals surface area contributed by atoms with Crippen molar-refractivity contribution in [2.75, 3.05) is 4.72 Å². The van der Waals surface area contributed by atoms with Crippen molar-refractivity contribution < 1.29 is 8.42 Å². The molecule has 3 aromatic rings. The smallest absolute Gasteiger partial charge is 0.261 e. The number of rotatable bonds is 8. The summed E-state index contributed by atoms with van der Waals surface area (Å²) in [5, 5.41) is 0. The lowest BCUT2D eigenvalue weighted by molar-refractivity contribution is 0.601. The van der Waals surface area contributed by atoms with Gasteiger partial charge in [0.2, 0.25) is 0 Å². The molecule has 0 saturated carbocycles. The molecule has 0 radical (unpaired) electrons. The standard InChI is InChI=1S/C22H25N3O2S/c1-3-4-5-7-18-10-12-21(13-11-18)28(26,27)25-20-9-6-8-19(16-20)22-14-15-23-17(2)24-22/h6,8-16,25H,3-5,7H2,1-2H3. The number of hydrogen-bond acceptors (Lipinski definition) is 4. The summed E-state index contributed by atoms with van der Waals surface area (Å²) in [6.45, 7) is 3.99. The van der Waals surface area contributed by atoms with Crippen LogP contribution in [0.3, 0.4) is 0 Å². The highest BCUT2D eigenvalue weighted by atomic mass is 32.2. The molecule has 1 aromatic heterocycles. The first-order chi connectivity index (χ1) is 13.5. The van der Waals surface area contributed by atoms with Crippen LogP contribution in [0, 0.1) is 6.92 Å². The fraction of sp³-hybridized carbons (Fsp3) is 0.273. The van der Waals surface area contributed by atoms with Crippen molar-refractivity contribution in [2.24, 2.45) is 0 Å². The molecule has 0 atom stereocenters. The number of nitrogens with one attached hydrogen (secondary N) is 1. The van der Waals surface area contributed by atoms with Crippen molar-refractivity contribution in [3.8, 4) is 11.3 Å². The molecule has 0 aliphatic carbocycles. The topological polar surface area (TPSA) is 72.0 Å². The third kappa shape index (κ3) is 5.16. The highest BCUT2D eigenvalue weighted by Crippen LogP contribution is 2.23. The molecule has 2 aromatic carbocycles. The molecule has 3 rings (SSSR count). The minimum Gasteiger partial charge on any atom is -0.280 e. The minimum absolute atomic E-state index is 0.259. The van der Waals surface area contributed by atoms with Gasteiger partial charge in [0.25, 0.3) is 10.0 Å². The minimum atomic E-state index is -3.65. The highest BCUT2D eigenvalue weighted by Gasteiger charge is 2.14. The van der Waals surface area contributed by atoms with Gasteiger partial charge in [0.15, 0.2) is 0 Å². The highest BCUT2D eigenvalue weighted by molar-refractivity contribution is 7.92. The van der Waals surface area contributed by atoms with Gasteiger partial charge < -0.3 is 0 Å². The number of aromatic nitrogens is 2. The number of benzene rings is 2. The molecule has 0 spiro atoms. The van der Waals surface area contributed by atoms with E-state index in [1.165, 1.54) is 12.8 Å². The van der Waals surface area contributed by atoms with E-state index < -0.39 is 10.0 Å². The van der Waals surface area contributed by atoms with E-state index >= 15 is 0 Å². The molecular weight excluding hydrogens is 370 g/mol. The van der Waals surface area contributed by atoms with Crippen LogP contribution in [0.15, 0.2) is 65.7 Å². The molecule has 0 saturated heterocycles. The maximum absolute atomic E-state index is 12.7. The average molecular weight is 396 g/mol. The first-order valence-corrected chi connectivity index (χ1v) is 11.0. The molecule has 1 N–H and O–H groups in total.